The number of hydrogen-bond donors (Lipinski definition) is 0. The zero-order valence-corrected chi connectivity index (χ0v) is 22.8. The molecule has 1 aromatic rings. The molecule has 0 nitrogen and oxygen atoms in total. The fourth-order valence-electron chi connectivity index (χ4n) is 5.72. The predicted octanol–water partition coefficient (Wildman–Crippen LogP) is 10.00. The lowest BCUT2D eigenvalue weighted by atomic mass is 9.58. The lowest BCUT2D eigenvalue weighted by Gasteiger charge is -2.47. The lowest BCUT2D eigenvalue weighted by molar-refractivity contribution is 0.155. The van der Waals surface area contributed by atoms with Crippen LogP contribution in [0.3, 0.4) is 0 Å². The largest absolute Gasteiger partial charge is 0.0993 e. The van der Waals surface area contributed by atoms with Crippen molar-refractivity contribution in [2.24, 2.45) is 34.5 Å². The molecule has 1 aliphatic rings. The molecule has 2 rings (SSSR count). The normalized spacial score (nSPS) is 20.2. The highest BCUT2D eigenvalue weighted by atomic mass is 14.5. The van der Waals surface area contributed by atoms with Crippen LogP contribution in [0.4, 0.5) is 0 Å². The zero-order valence-electron chi connectivity index (χ0n) is 22.8. The minimum absolute atomic E-state index is 0.139. The Morgan fingerprint density at radius 1 is 0.969 bits per heavy atom. The molecule has 0 bridgehead atoms. The molecule has 0 spiro atoms. The van der Waals surface area contributed by atoms with Crippen molar-refractivity contribution in [3.63, 3.8) is 0 Å². The molecule has 0 saturated carbocycles. The van der Waals surface area contributed by atoms with Gasteiger partial charge in [-0.25, -0.2) is 0 Å². The molecule has 0 saturated heterocycles. The third-order valence-corrected chi connectivity index (χ3v) is 7.68. The van der Waals surface area contributed by atoms with Crippen molar-refractivity contribution >= 4 is 0 Å². The van der Waals surface area contributed by atoms with E-state index in [4.69, 9.17) is 6.58 Å². The quantitative estimate of drug-likeness (QED) is 0.357. The van der Waals surface area contributed by atoms with Crippen LogP contribution in [0.1, 0.15) is 100.0 Å². The van der Waals surface area contributed by atoms with Crippen LogP contribution in [0, 0.1) is 34.5 Å². The molecule has 0 N–H and O–H groups in total. The third kappa shape index (κ3) is 6.72. The van der Waals surface area contributed by atoms with E-state index in [2.05, 4.69) is 112 Å². The Morgan fingerprint density at radius 2 is 1.56 bits per heavy atom. The molecule has 0 fully saturated rings. The summed E-state index contributed by atoms with van der Waals surface area (Å²) in [7, 11) is 0. The van der Waals surface area contributed by atoms with E-state index < -0.39 is 0 Å². The molecule has 4 atom stereocenters. The van der Waals surface area contributed by atoms with Crippen LogP contribution in [-0.4, -0.2) is 0 Å². The average Bonchev–Trinajstić information content (AvgIpc) is 3.22. The average molecular weight is 435 g/mol. The van der Waals surface area contributed by atoms with Crippen LogP contribution in [0.5, 0.6) is 0 Å². The van der Waals surface area contributed by atoms with Gasteiger partial charge in [0.2, 0.25) is 0 Å². The van der Waals surface area contributed by atoms with Gasteiger partial charge in [0.05, 0.1) is 0 Å². The van der Waals surface area contributed by atoms with Gasteiger partial charge in [-0.3, -0.25) is 0 Å². The van der Waals surface area contributed by atoms with Crippen molar-refractivity contribution in [2.75, 3.05) is 0 Å². The van der Waals surface area contributed by atoms with E-state index in [9.17, 15) is 0 Å². The van der Waals surface area contributed by atoms with Gasteiger partial charge in [-0.2, -0.15) is 0 Å². The Labute approximate surface area is 200 Å². The summed E-state index contributed by atoms with van der Waals surface area (Å²) >= 11 is 0. The maximum Gasteiger partial charge on any atom is -0.00604 e. The number of benzene rings is 1. The van der Waals surface area contributed by atoms with Crippen LogP contribution < -0.4 is 0 Å². The fourth-order valence-corrected chi connectivity index (χ4v) is 5.72. The summed E-state index contributed by atoms with van der Waals surface area (Å²) < 4.78 is 0. The molecule has 0 aliphatic heterocycles. The van der Waals surface area contributed by atoms with Gasteiger partial charge in [-0.15, -0.1) is 0 Å². The molecular formula is C32H50. The van der Waals surface area contributed by atoms with E-state index >= 15 is 0 Å². The van der Waals surface area contributed by atoms with Gasteiger partial charge in [0.1, 0.15) is 0 Å². The maximum absolute atomic E-state index is 4.80. The first-order valence-corrected chi connectivity index (χ1v) is 12.8. The van der Waals surface area contributed by atoms with Crippen LogP contribution in [0.25, 0.3) is 0 Å². The van der Waals surface area contributed by atoms with E-state index in [1.165, 1.54) is 30.4 Å². The van der Waals surface area contributed by atoms with Crippen molar-refractivity contribution in [1.82, 2.24) is 0 Å². The molecule has 0 heteroatoms. The summed E-state index contributed by atoms with van der Waals surface area (Å²) in [4.78, 5) is 0. The maximum atomic E-state index is 4.80. The standard InChI is InChI=1S/C32H50/c1-22(2)23(3)24(4)30(32(9,10)11)29(25(5)26-17-15-16-18-26)28(21-31(6,7)8)27-19-13-12-14-20-27/h12-15,17,19-20,22-23,28-30H,4,16,18,21H2,1-3,5-11H3. The molecule has 0 radical (unpaired) electrons. The summed E-state index contributed by atoms with van der Waals surface area (Å²) in [5.74, 6) is 2.45. The second-order valence-electron chi connectivity index (χ2n) is 12.9. The molecule has 0 amide bonds. The predicted molar refractivity (Wildman–Crippen MR) is 144 cm³/mol. The molecular weight excluding hydrogens is 384 g/mol. The lowest BCUT2D eigenvalue weighted by Crippen LogP contribution is -2.38. The minimum Gasteiger partial charge on any atom is -0.0993 e. The van der Waals surface area contributed by atoms with Gasteiger partial charge < -0.3 is 0 Å². The highest BCUT2D eigenvalue weighted by Gasteiger charge is 2.42. The van der Waals surface area contributed by atoms with E-state index in [1.54, 1.807) is 11.1 Å². The van der Waals surface area contributed by atoms with Gasteiger partial charge >= 0.3 is 0 Å². The summed E-state index contributed by atoms with van der Waals surface area (Å²) in [5, 5.41) is 0. The second kappa shape index (κ2) is 10.6. The Balaban J connectivity index is 2.77. The first-order valence-electron chi connectivity index (χ1n) is 12.8. The van der Waals surface area contributed by atoms with Crippen LogP contribution in [0.2, 0.25) is 0 Å². The van der Waals surface area contributed by atoms with Crippen molar-refractivity contribution in [2.45, 2.75) is 94.4 Å². The van der Waals surface area contributed by atoms with Gasteiger partial charge in [0.15, 0.2) is 0 Å². The first-order chi connectivity index (χ1) is 14.7. The Hall–Kier alpha value is -1.56. The molecule has 1 aromatic carbocycles. The monoisotopic (exact) mass is 434 g/mol. The fraction of sp³-hybridized carbons (Fsp3) is 0.625. The van der Waals surface area contributed by atoms with Crippen molar-refractivity contribution in [3.8, 4) is 0 Å². The summed E-state index contributed by atoms with van der Waals surface area (Å²) in [6.45, 7) is 28.8. The first kappa shape index (κ1) is 26.7. The Morgan fingerprint density at radius 3 is 2.00 bits per heavy atom. The summed E-state index contributed by atoms with van der Waals surface area (Å²) in [6, 6.07) is 11.3. The smallest absolute Gasteiger partial charge is 0.00604 e. The van der Waals surface area contributed by atoms with Crippen molar-refractivity contribution in [3.05, 3.63) is 71.3 Å². The molecule has 178 valence electrons. The molecule has 0 heterocycles. The third-order valence-electron chi connectivity index (χ3n) is 7.68. The SMILES string of the molecule is C=C(C(C)C(C)C)C(C(C(C)=C1C=CCC1)C(CC(C)(C)C)c1ccccc1)C(C)(C)C. The Kier molecular flexibility index (Phi) is 8.82. The van der Waals surface area contributed by atoms with E-state index in [1.807, 2.05) is 0 Å². The second-order valence-corrected chi connectivity index (χ2v) is 12.9. The van der Waals surface area contributed by atoms with Crippen molar-refractivity contribution < 1.29 is 0 Å². The number of rotatable bonds is 8. The minimum atomic E-state index is 0.139. The van der Waals surface area contributed by atoms with E-state index in [0.29, 0.717) is 29.6 Å². The topological polar surface area (TPSA) is 0 Å². The summed E-state index contributed by atoms with van der Waals surface area (Å²) in [5.41, 5.74) is 6.46. The molecule has 1 aliphatic carbocycles. The van der Waals surface area contributed by atoms with Gasteiger partial charge in [0, 0.05) is 0 Å². The van der Waals surface area contributed by atoms with Crippen LogP contribution >= 0.6 is 0 Å². The van der Waals surface area contributed by atoms with Crippen LogP contribution in [0.15, 0.2) is 65.8 Å². The highest BCUT2D eigenvalue weighted by molar-refractivity contribution is 5.36. The summed E-state index contributed by atoms with van der Waals surface area (Å²) in [6.07, 6.45) is 8.29. The molecule has 0 aromatic heterocycles. The molecule has 4 unspecified atom stereocenters. The number of allylic oxidation sites excluding steroid dienone is 5. The van der Waals surface area contributed by atoms with Crippen LogP contribution in [-0.2, 0) is 0 Å². The molecule has 32 heavy (non-hydrogen) atoms. The van der Waals surface area contributed by atoms with Gasteiger partial charge in [0.25, 0.3) is 0 Å². The zero-order chi connectivity index (χ0) is 24.3. The number of hydrogen-bond acceptors (Lipinski definition) is 0. The van der Waals surface area contributed by atoms with E-state index in [0.717, 1.165) is 0 Å². The van der Waals surface area contributed by atoms with E-state index in [-0.39, 0.29) is 10.8 Å². The van der Waals surface area contributed by atoms with Crippen molar-refractivity contribution in [1.29, 1.82) is 0 Å². The highest BCUT2D eigenvalue weighted by Crippen LogP contribution is 2.52. The van der Waals surface area contributed by atoms with Gasteiger partial charge in [-0.1, -0.05) is 123 Å². The Bertz CT molecular complexity index is 804. The van der Waals surface area contributed by atoms with Gasteiger partial charge in [-0.05, 0) is 77.7 Å².